The molecule has 5 heteroatoms. The number of nitrogens with zero attached hydrogens (tertiary/aromatic N) is 1. The van der Waals surface area contributed by atoms with Gasteiger partial charge in [-0.2, -0.15) is 0 Å². The molecule has 0 saturated carbocycles. The van der Waals surface area contributed by atoms with Crippen LogP contribution in [0.25, 0.3) is 0 Å². The first-order valence-electron chi connectivity index (χ1n) is 9.71. The molecule has 0 saturated heterocycles. The highest BCUT2D eigenvalue weighted by atomic mass is 16.2. The van der Waals surface area contributed by atoms with Gasteiger partial charge >= 0.3 is 0 Å². The SMILES string of the molecule is Cc1c(NCC(=O)N2CCc3ccccc32)cccc1NC(=O)c1ccccc1. The van der Waals surface area contributed by atoms with Crippen molar-refractivity contribution in [3.63, 3.8) is 0 Å². The summed E-state index contributed by atoms with van der Waals surface area (Å²) in [5.74, 6) is -0.122. The number of rotatable bonds is 5. The van der Waals surface area contributed by atoms with E-state index >= 15 is 0 Å². The fraction of sp³-hybridized carbons (Fsp3) is 0.167. The third-order valence-corrected chi connectivity index (χ3v) is 5.24. The van der Waals surface area contributed by atoms with Gasteiger partial charge < -0.3 is 15.5 Å². The number of nitrogens with one attached hydrogen (secondary N) is 2. The van der Waals surface area contributed by atoms with E-state index in [9.17, 15) is 9.59 Å². The van der Waals surface area contributed by atoms with Crippen molar-refractivity contribution in [2.75, 3.05) is 28.6 Å². The van der Waals surface area contributed by atoms with Gasteiger partial charge in [-0.25, -0.2) is 0 Å². The quantitative estimate of drug-likeness (QED) is 0.690. The molecule has 3 aromatic carbocycles. The van der Waals surface area contributed by atoms with Gasteiger partial charge in [0.05, 0.1) is 6.54 Å². The minimum absolute atomic E-state index is 0.0353. The predicted molar refractivity (Wildman–Crippen MR) is 117 cm³/mol. The number of benzene rings is 3. The van der Waals surface area contributed by atoms with Crippen LogP contribution in [0.1, 0.15) is 21.5 Å². The molecule has 146 valence electrons. The molecule has 0 aromatic heterocycles. The molecule has 0 unspecified atom stereocenters. The van der Waals surface area contributed by atoms with Crippen LogP contribution in [0.4, 0.5) is 17.1 Å². The van der Waals surface area contributed by atoms with Gasteiger partial charge in [0.15, 0.2) is 0 Å². The molecule has 3 aromatic rings. The Morgan fingerprint density at radius 1 is 0.897 bits per heavy atom. The monoisotopic (exact) mass is 385 g/mol. The summed E-state index contributed by atoms with van der Waals surface area (Å²) in [6.45, 7) is 2.84. The topological polar surface area (TPSA) is 61.4 Å². The van der Waals surface area contributed by atoms with Gasteiger partial charge in [0.2, 0.25) is 5.91 Å². The molecule has 29 heavy (non-hydrogen) atoms. The second-order valence-corrected chi connectivity index (χ2v) is 7.08. The van der Waals surface area contributed by atoms with Gasteiger partial charge in [0.25, 0.3) is 5.91 Å². The molecule has 0 spiro atoms. The lowest BCUT2D eigenvalue weighted by Crippen LogP contribution is -2.34. The summed E-state index contributed by atoms with van der Waals surface area (Å²) in [4.78, 5) is 27.0. The van der Waals surface area contributed by atoms with Crippen molar-refractivity contribution in [3.8, 4) is 0 Å². The average molecular weight is 385 g/mol. The number of hydrogen-bond acceptors (Lipinski definition) is 3. The second kappa shape index (κ2) is 8.19. The molecule has 1 aliphatic rings. The Labute approximate surface area is 170 Å². The maximum Gasteiger partial charge on any atom is 0.255 e. The zero-order valence-corrected chi connectivity index (χ0v) is 16.3. The lowest BCUT2D eigenvalue weighted by Gasteiger charge is -2.19. The Bertz CT molecular complexity index is 1050. The van der Waals surface area contributed by atoms with Crippen LogP contribution >= 0.6 is 0 Å². The lowest BCUT2D eigenvalue weighted by molar-refractivity contribution is -0.116. The summed E-state index contributed by atoms with van der Waals surface area (Å²) in [5, 5.41) is 6.18. The fourth-order valence-electron chi connectivity index (χ4n) is 3.61. The Morgan fingerprint density at radius 3 is 2.45 bits per heavy atom. The molecule has 0 atom stereocenters. The van der Waals surface area contributed by atoms with Crippen molar-refractivity contribution in [2.24, 2.45) is 0 Å². The Kier molecular flexibility index (Phi) is 5.29. The van der Waals surface area contributed by atoms with Gasteiger partial charge in [0, 0.05) is 29.2 Å². The molecule has 0 bridgehead atoms. The largest absolute Gasteiger partial charge is 0.376 e. The maximum absolute atomic E-state index is 12.7. The number of fused-ring (bicyclic) bond motifs is 1. The molecule has 0 aliphatic carbocycles. The van der Waals surface area contributed by atoms with E-state index in [1.165, 1.54) is 5.56 Å². The fourth-order valence-corrected chi connectivity index (χ4v) is 3.61. The predicted octanol–water partition coefficient (Wildman–Crippen LogP) is 4.25. The molecule has 0 fully saturated rings. The number of carbonyl (C=O) groups is 2. The minimum atomic E-state index is -0.157. The summed E-state index contributed by atoms with van der Waals surface area (Å²) in [6, 6.07) is 22.8. The standard InChI is InChI=1S/C24H23N3O2/c1-17-20(11-7-12-21(17)26-24(29)19-9-3-2-4-10-19)25-16-23(28)27-15-14-18-8-5-6-13-22(18)27/h2-13,25H,14-16H2,1H3,(H,26,29). The summed E-state index contributed by atoms with van der Waals surface area (Å²) < 4.78 is 0. The molecule has 5 nitrogen and oxygen atoms in total. The second-order valence-electron chi connectivity index (χ2n) is 7.08. The number of carbonyl (C=O) groups excluding carboxylic acids is 2. The van der Waals surface area contributed by atoms with Crippen LogP contribution in [0.3, 0.4) is 0 Å². The third kappa shape index (κ3) is 3.99. The molecule has 1 heterocycles. The molecular formula is C24H23N3O2. The Balaban J connectivity index is 1.43. The smallest absolute Gasteiger partial charge is 0.255 e. The van der Waals surface area contributed by atoms with E-state index in [1.807, 2.05) is 66.4 Å². The summed E-state index contributed by atoms with van der Waals surface area (Å²) in [5.41, 5.74) is 5.27. The third-order valence-electron chi connectivity index (χ3n) is 5.24. The van der Waals surface area contributed by atoms with Crippen LogP contribution in [-0.4, -0.2) is 24.9 Å². The molecular weight excluding hydrogens is 362 g/mol. The van der Waals surface area contributed by atoms with E-state index in [-0.39, 0.29) is 18.4 Å². The van der Waals surface area contributed by atoms with E-state index in [0.717, 1.165) is 29.0 Å². The van der Waals surface area contributed by atoms with E-state index in [2.05, 4.69) is 16.7 Å². The average Bonchev–Trinajstić information content (AvgIpc) is 3.19. The van der Waals surface area contributed by atoms with Gasteiger partial charge in [-0.1, -0.05) is 42.5 Å². The summed E-state index contributed by atoms with van der Waals surface area (Å²) in [7, 11) is 0. The number of amides is 2. The van der Waals surface area contributed by atoms with Crippen LogP contribution in [-0.2, 0) is 11.2 Å². The Hall–Kier alpha value is -3.60. The van der Waals surface area contributed by atoms with Crippen molar-refractivity contribution in [1.29, 1.82) is 0 Å². The van der Waals surface area contributed by atoms with E-state index < -0.39 is 0 Å². The molecule has 0 radical (unpaired) electrons. The molecule has 2 amide bonds. The molecule has 1 aliphatic heterocycles. The zero-order chi connectivity index (χ0) is 20.2. The van der Waals surface area contributed by atoms with E-state index in [4.69, 9.17) is 0 Å². The molecule has 2 N–H and O–H groups in total. The number of hydrogen-bond donors (Lipinski definition) is 2. The summed E-state index contributed by atoms with van der Waals surface area (Å²) in [6.07, 6.45) is 0.891. The highest BCUT2D eigenvalue weighted by Crippen LogP contribution is 2.28. The van der Waals surface area contributed by atoms with Crippen LogP contribution in [0.15, 0.2) is 72.8 Å². The van der Waals surface area contributed by atoms with Crippen molar-refractivity contribution >= 4 is 28.9 Å². The first-order valence-corrected chi connectivity index (χ1v) is 9.71. The van der Waals surface area contributed by atoms with Gasteiger partial charge in [0.1, 0.15) is 0 Å². The van der Waals surface area contributed by atoms with Gasteiger partial charge in [-0.3, -0.25) is 9.59 Å². The van der Waals surface area contributed by atoms with Crippen molar-refractivity contribution in [1.82, 2.24) is 0 Å². The van der Waals surface area contributed by atoms with Crippen LogP contribution in [0, 0.1) is 6.92 Å². The first-order chi connectivity index (χ1) is 14.1. The van der Waals surface area contributed by atoms with Crippen molar-refractivity contribution < 1.29 is 9.59 Å². The van der Waals surface area contributed by atoms with E-state index in [0.29, 0.717) is 12.1 Å². The number of para-hydroxylation sites is 1. The van der Waals surface area contributed by atoms with E-state index in [1.54, 1.807) is 12.1 Å². The Morgan fingerprint density at radius 2 is 1.62 bits per heavy atom. The van der Waals surface area contributed by atoms with Crippen LogP contribution in [0.5, 0.6) is 0 Å². The molecule has 4 rings (SSSR count). The normalized spacial score (nSPS) is 12.4. The van der Waals surface area contributed by atoms with Crippen molar-refractivity contribution in [2.45, 2.75) is 13.3 Å². The number of anilines is 3. The van der Waals surface area contributed by atoms with Gasteiger partial charge in [-0.15, -0.1) is 0 Å². The zero-order valence-electron chi connectivity index (χ0n) is 16.3. The first kappa shape index (κ1) is 18.7. The van der Waals surface area contributed by atoms with Gasteiger partial charge in [-0.05, 0) is 54.8 Å². The highest BCUT2D eigenvalue weighted by Gasteiger charge is 2.23. The minimum Gasteiger partial charge on any atom is -0.376 e. The highest BCUT2D eigenvalue weighted by molar-refractivity contribution is 6.05. The lowest BCUT2D eigenvalue weighted by atomic mass is 10.1. The van der Waals surface area contributed by atoms with Crippen LogP contribution in [0.2, 0.25) is 0 Å². The maximum atomic E-state index is 12.7. The summed E-state index contributed by atoms with van der Waals surface area (Å²) >= 11 is 0. The van der Waals surface area contributed by atoms with Crippen molar-refractivity contribution in [3.05, 3.63) is 89.5 Å². The van der Waals surface area contributed by atoms with Crippen LogP contribution < -0.4 is 15.5 Å².